The number of H-pyrrole nitrogens is 1. The van der Waals surface area contributed by atoms with Crippen LogP contribution in [0.3, 0.4) is 0 Å². The summed E-state index contributed by atoms with van der Waals surface area (Å²) in [6.45, 7) is 0.299. The molecule has 16 nitrogen and oxygen atoms in total. The number of nitrogens with one attached hydrogen (secondary N) is 6. The van der Waals surface area contributed by atoms with Crippen LogP contribution in [0.25, 0.3) is 17.1 Å². The number of pyridine rings is 1. The Morgan fingerprint density at radius 1 is 0.860 bits per heavy atom. The van der Waals surface area contributed by atoms with E-state index < -0.39 is 47.2 Å². The van der Waals surface area contributed by atoms with Gasteiger partial charge in [0, 0.05) is 42.7 Å². The third-order valence-corrected chi connectivity index (χ3v) is 9.81. The molecule has 2 aromatic heterocycles. The predicted octanol–water partition coefficient (Wildman–Crippen LogP) is 3.84. The Labute approximate surface area is 329 Å². The van der Waals surface area contributed by atoms with Gasteiger partial charge < -0.3 is 42.4 Å². The molecule has 4 aromatic rings. The van der Waals surface area contributed by atoms with Crippen molar-refractivity contribution in [3.63, 3.8) is 0 Å². The standard InChI is InChI=1S/C41H49N9O7/c42-39(57)41(22-5-1-6-23-41)50-38(56)33(14-8-15-35(52)53)47-37(55)32(13-4-7-25-44-34(51)21-16-27-10-9-24-43-26-27)46-36(54)28-17-19-29(20-18-28)45-40-48-30-11-2-3-12-31(30)49-40/h2-3,9-12,16-21,24,26,32-33H,1,4-8,13-15,22-23,25H2,(H2,42,57)(H,44,51)(H,46,54)(H,47,55)(H,50,56)(H,52,53)(H2,45,48,49)/b21-16+/t32-,33-/m0/s1. The van der Waals surface area contributed by atoms with E-state index in [4.69, 9.17) is 5.73 Å². The van der Waals surface area contributed by atoms with Crippen LogP contribution in [-0.4, -0.2) is 79.7 Å². The number of carbonyl (C=O) groups is 6. The van der Waals surface area contributed by atoms with E-state index in [9.17, 15) is 33.9 Å². The number of aromatic amines is 1. The topological polar surface area (TPSA) is 250 Å². The first-order chi connectivity index (χ1) is 27.5. The molecule has 2 heterocycles. The van der Waals surface area contributed by atoms with Crippen molar-refractivity contribution in [2.24, 2.45) is 5.73 Å². The van der Waals surface area contributed by atoms with Gasteiger partial charge >= 0.3 is 5.97 Å². The molecule has 5 rings (SSSR count). The summed E-state index contributed by atoms with van der Waals surface area (Å²) < 4.78 is 0. The van der Waals surface area contributed by atoms with Gasteiger partial charge in [-0.15, -0.1) is 0 Å². The summed E-state index contributed by atoms with van der Waals surface area (Å²) in [5, 5.41) is 23.5. The number of hydrogen-bond donors (Lipinski definition) is 8. The van der Waals surface area contributed by atoms with Crippen LogP contribution in [0.4, 0.5) is 11.6 Å². The number of unbranched alkanes of at least 4 members (excludes halogenated alkanes) is 1. The van der Waals surface area contributed by atoms with Gasteiger partial charge in [0.1, 0.15) is 17.6 Å². The van der Waals surface area contributed by atoms with Crippen molar-refractivity contribution in [2.75, 3.05) is 11.9 Å². The summed E-state index contributed by atoms with van der Waals surface area (Å²) in [6, 6.07) is 15.4. The first kappa shape index (κ1) is 41.6. The van der Waals surface area contributed by atoms with Gasteiger partial charge in [0.05, 0.1) is 11.0 Å². The van der Waals surface area contributed by atoms with Crippen LogP contribution in [-0.2, 0) is 24.0 Å². The zero-order chi connectivity index (χ0) is 40.6. The van der Waals surface area contributed by atoms with Gasteiger partial charge in [0.2, 0.25) is 29.6 Å². The van der Waals surface area contributed by atoms with E-state index in [0.29, 0.717) is 56.7 Å². The maximum Gasteiger partial charge on any atom is 0.303 e. The fourth-order valence-corrected chi connectivity index (χ4v) is 6.66. The molecule has 2 aromatic carbocycles. The van der Waals surface area contributed by atoms with E-state index in [2.05, 4.69) is 41.5 Å². The average molecular weight is 780 g/mol. The minimum absolute atomic E-state index is 0.0301. The van der Waals surface area contributed by atoms with Crippen molar-refractivity contribution in [3.8, 4) is 0 Å². The van der Waals surface area contributed by atoms with Gasteiger partial charge in [-0.2, -0.15) is 0 Å². The molecule has 0 radical (unpaired) electrons. The van der Waals surface area contributed by atoms with Crippen molar-refractivity contribution >= 4 is 64.3 Å². The van der Waals surface area contributed by atoms with Crippen LogP contribution in [0, 0.1) is 0 Å². The van der Waals surface area contributed by atoms with Gasteiger partial charge in [-0.25, -0.2) is 4.98 Å². The number of anilines is 2. The van der Waals surface area contributed by atoms with E-state index in [1.54, 1.807) is 48.8 Å². The highest BCUT2D eigenvalue weighted by molar-refractivity contribution is 5.99. The second kappa shape index (κ2) is 20.4. The number of carboxylic acid groups (broad SMARTS) is 1. The lowest BCUT2D eigenvalue weighted by Crippen LogP contribution is -2.62. The summed E-state index contributed by atoms with van der Waals surface area (Å²) in [5.41, 5.74) is 7.84. The van der Waals surface area contributed by atoms with E-state index in [-0.39, 0.29) is 37.2 Å². The molecule has 0 saturated heterocycles. The smallest absolute Gasteiger partial charge is 0.303 e. The first-order valence-electron chi connectivity index (χ1n) is 19.1. The number of primary amides is 1. The van der Waals surface area contributed by atoms with Crippen molar-refractivity contribution < 1.29 is 33.9 Å². The Balaban J connectivity index is 1.25. The van der Waals surface area contributed by atoms with E-state index in [0.717, 1.165) is 23.0 Å². The number of imidazole rings is 1. The molecule has 2 atom stereocenters. The Kier molecular flexibility index (Phi) is 14.9. The SMILES string of the molecule is NC(=O)C1(NC(=O)[C@H](CCCC(=O)O)NC(=O)[C@H](CCCCNC(=O)/C=C/c2cccnc2)NC(=O)c2ccc(Nc3nc4ccccc4[nH]3)cc2)CCCCC1. The van der Waals surface area contributed by atoms with Crippen LogP contribution < -0.4 is 32.3 Å². The normalized spacial score (nSPS) is 14.6. The highest BCUT2D eigenvalue weighted by Gasteiger charge is 2.41. The molecule has 1 saturated carbocycles. The van der Waals surface area contributed by atoms with Crippen LogP contribution >= 0.6 is 0 Å². The second-order valence-electron chi connectivity index (χ2n) is 14.1. The molecule has 16 heteroatoms. The highest BCUT2D eigenvalue weighted by Crippen LogP contribution is 2.28. The fourth-order valence-electron chi connectivity index (χ4n) is 6.66. The van der Waals surface area contributed by atoms with E-state index in [1.165, 1.54) is 6.08 Å². The van der Waals surface area contributed by atoms with E-state index in [1.807, 2.05) is 30.3 Å². The molecule has 0 spiro atoms. The van der Waals surface area contributed by atoms with Crippen molar-refractivity contribution in [3.05, 3.63) is 90.3 Å². The molecule has 1 aliphatic rings. The molecule has 0 unspecified atom stereocenters. The van der Waals surface area contributed by atoms with Gasteiger partial charge in [0.25, 0.3) is 5.91 Å². The number of aliphatic carboxylic acids is 1. The number of nitrogens with zero attached hydrogens (tertiary/aromatic N) is 2. The third-order valence-electron chi connectivity index (χ3n) is 9.81. The predicted molar refractivity (Wildman–Crippen MR) is 214 cm³/mol. The minimum Gasteiger partial charge on any atom is -0.481 e. The number of aromatic nitrogens is 3. The number of hydrogen-bond acceptors (Lipinski definition) is 9. The summed E-state index contributed by atoms with van der Waals surface area (Å²) in [6.07, 6.45) is 10.1. The Bertz CT molecular complexity index is 2010. The average Bonchev–Trinajstić information content (AvgIpc) is 3.62. The van der Waals surface area contributed by atoms with Crippen molar-refractivity contribution in [1.82, 2.24) is 36.2 Å². The van der Waals surface area contributed by atoms with Crippen LogP contribution in [0.5, 0.6) is 0 Å². The van der Waals surface area contributed by atoms with Crippen LogP contribution in [0.2, 0.25) is 0 Å². The van der Waals surface area contributed by atoms with Crippen molar-refractivity contribution in [2.45, 2.75) is 88.3 Å². The summed E-state index contributed by atoms with van der Waals surface area (Å²) in [7, 11) is 0. The molecular formula is C41H49N9O7. The number of carboxylic acids is 1. The molecule has 0 aliphatic heterocycles. The monoisotopic (exact) mass is 779 g/mol. The molecule has 57 heavy (non-hydrogen) atoms. The van der Waals surface area contributed by atoms with Gasteiger partial charge in [0.15, 0.2) is 0 Å². The van der Waals surface area contributed by atoms with Crippen LogP contribution in [0.15, 0.2) is 79.1 Å². The number of para-hydroxylation sites is 2. The summed E-state index contributed by atoms with van der Waals surface area (Å²) >= 11 is 0. The van der Waals surface area contributed by atoms with Gasteiger partial charge in [-0.1, -0.05) is 37.5 Å². The second-order valence-corrected chi connectivity index (χ2v) is 14.1. The minimum atomic E-state index is -1.28. The Hall–Kier alpha value is -6.58. The number of fused-ring (bicyclic) bond motifs is 1. The lowest BCUT2D eigenvalue weighted by atomic mass is 9.80. The zero-order valence-electron chi connectivity index (χ0n) is 31.6. The molecule has 300 valence electrons. The number of rotatable bonds is 20. The first-order valence-corrected chi connectivity index (χ1v) is 19.1. The maximum absolute atomic E-state index is 13.9. The largest absolute Gasteiger partial charge is 0.481 e. The lowest BCUT2D eigenvalue weighted by molar-refractivity contribution is -0.137. The highest BCUT2D eigenvalue weighted by atomic mass is 16.4. The summed E-state index contributed by atoms with van der Waals surface area (Å²) in [5.74, 6) is -3.38. The van der Waals surface area contributed by atoms with Gasteiger partial charge in [-0.05, 0) is 99.0 Å². The van der Waals surface area contributed by atoms with Crippen LogP contribution in [0.1, 0.15) is 86.6 Å². The Morgan fingerprint density at radius 3 is 2.30 bits per heavy atom. The Morgan fingerprint density at radius 2 is 1.60 bits per heavy atom. The van der Waals surface area contributed by atoms with Gasteiger partial charge in [-0.3, -0.25) is 33.8 Å². The maximum atomic E-state index is 13.9. The molecule has 1 fully saturated rings. The molecule has 0 bridgehead atoms. The fraction of sp³-hybridized carbons (Fsp3) is 0.366. The lowest BCUT2D eigenvalue weighted by Gasteiger charge is -2.36. The number of amides is 5. The number of benzene rings is 2. The van der Waals surface area contributed by atoms with E-state index >= 15 is 0 Å². The summed E-state index contributed by atoms with van der Waals surface area (Å²) in [4.78, 5) is 89.1. The molecule has 9 N–H and O–H groups in total. The zero-order valence-corrected chi connectivity index (χ0v) is 31.6. The number of nitrogens with two attached hydrogens (primary N) is 1. The molecular weight excluding hydrogens is 731 g/mol. The quantitative estimate of drug-likeness (QED) is 0.0475. The molecule has 5 amide bonds. The molecule has 1 aliphatic carbocycles. The third kappa shape index (κ3) is 12.5. The van der Waals surface area contributed by atoms with Crippen molar-refractivity contribution in [1.29, 1.82) is 0 Å². The number of carbonyl (C=O) groups excluding carboxylic acids is 5.